The summed E-state index contributed by atoms with van der Waals surface area (Å²) in [7, 11) is 0. The van der Waals surface area contributed by atoms with E-state index in [9.17, 15) is 0 Å². The van der Waals surface area contributed by atoms with Gasteiger partial charge in [0.25, 0.3) is 0 Å². The molecule has 1 aromatic rings. The second-order valence-electron chi connectivity index (χ2n) is 4.31. The predicted molar refractivity (Wildman–Crippen MR) is 63.6 cm³/mol. The molecule has 1 atom stereocenters. The smallest absolute Gasteiger partial charge is 0.0628 e. The maximum Gasteiger partial charge on any atom is 0.0628 e. The molecule has 1 nitrogen and oxygen atoms in total. The first-order chi connectivity index (χ1) is 7.19. The minimum absolute atomic E-state index is 0.376. The van der Waals surface area contributed by atoms with Gasteiger partial charge in [0.2, 0.25) is 0 Å². The van der Waals surface area contributed by atoms with Crippen LogP contribution in [0.4, 0.5) is 0 Å². The highest BCUT2D eigenvalue weighted by molar-refractivity contribution is 5.27. The largest absolute Gasteiger partial charge is 0.198 e. The average molecular weight is 201 g/mol. The van der Waals surface area contributed by atoms with Crippen LogP contribution in [0.25, 0.3) is 0 Å². The molecule has 80 valence electrons. The summed E-state index contributed by atoms with van der Waals surface area (Å²) in [6.07, 6.45) is 1.68. The fourth-order valence-corrected chi connectivity index (χ4v) is 1.88. The summed E-state index contributed by atoms with van der Waals surface area (Å²) in [5, 5.41) is 8.82. The number of nitrogens with zero attached hydrogens (tertiary/aromatic N) is 1. The normalized spacial score (nSPS) is 12.5. The van der Waals surface area contributed by atoms with Gasteiger partial charge in [-0.15, -0.1) is 0 Å². The molecular formula is C14H19N. The highest BCUT2D eigenvalue weighted by Gasteiger charge is 2.15. The van der Waals surface area contributed by atoms with E-state index in [0.29, 0.717) is 18.3 Å². The Morgan fingerprint density at radius 1 is 1.33 bits per heavy atom. The summed E-state index contributed by atoms with van der Waals surface area (Å²) in [6.45, 7) is 6.52. The van der Waals surface area contributed by atoms with Gasteiger partial charge in [0, 0.05) is 6.42 Å². The van der Waals surface area contributed by atoms with E-state index in [-0.39, 0.29) is 0 Å². The van der Waals surface area contributed by atoms with Gasteiger partial charge in [-0.25, -0.2) is 0 Å². The molecule has 1 unspecified atom stereocenters. The van der Waals surface area contributed by atoms with Crippen molar-refractivity contribution in [1.82, 2.24) is 0 Å². The van der Waals surface area contributed by atoms with Crippen LogP contribution in [0.1, 0.15) is 44.2 Å². The summed E-state index contributed by atoms with van der Waals surface area (Å²) < 4.78 is 0. The van der Waals surface area contributed by atoms with Gasteiger partial charge in [0.15, 0.2) is 0 Å². The van der Waals surface area contributed by atoms with Gasteiger partial charge in [-0.1, -0.05) is 45.0 Å². The van der Waals surface area contributed by atoms with Crippen molar-refractivity contribution in [2.75, 3.05) is 0 Å². The van der Waals surface area contributed by atoms with Gasteiger partial charge in [-0.05, 0) is 29.4 Å². The highest BCUT2D eigenvalue weighted by Crippen LogP contribution is 2.28. The minimum Gasteiger partial charge on any atom is -0.198 e. The number of hydrogen-bond donors (Lipinski definition) is 0. The van der Waals surface area contributed by atoms with E-state index in [2.05, 4.69) is 51.1 Å². The van der Waals surface area contributed by atoms with E-state index in [0.717, 1.165) is 6.42 Å². The second-order valence-corrected chi connectivity index (χ2v) is 4.31. The van der Waals surface area contributed by atoms with Gasteiger partial charge in [0.1, 0.15) is 0 Å². The minimum atomic E-state index is 0.376. The lowest BCUT2D eigenvalue weighted by Gasteiger charge is -2.18. The van der Waals surface area contributed by atoms with Crippen LogP contribution in [-0.2, 0) is 6.42 Å². The molecular weight excluding hydrogens is 182 g/mol. The molecule has 1 aromatic carbocycles. The maximum atomic E-state index is 8.82. The monoisotopic (exact) mass is 201 g/mol. The molecule has 0 fully saturated rings. The number of nitriles is 1. The molecule has 0 amide bonds. The fourth-order valence-electron chi connectivity index (χ4n) is 1.88. The van der Waals surface area contributed by atoms with Crippen molar-refractivity contribution in [3.05, 3.63) is 35.4 Å². The number of benzene rings is 1. The van der Waals surface area contributed by atoms with Crippen LogP contribution in [-0.4, -0.2) is 0 Å². The lowest BCUT2D eigenvalue weighted by Crippen LogP contribution is -2.06. The van der Waals surface area contributed by atoms with E-state index in [1.54, 1.807) is 0 Å². The van der Waals surface area contributed by atoms with E-state index >= 15 is 0 Å². The molecule has 0 aliphatic heterocycles. The van der Waals surface area contributed by atoms with E-state index in [4.69, 9.17) is 5.26 Å². The number of hydrogen-bond acceptors (Lipinski definition) is 1. The van der Waals surface area contributed by atoms with Crippen LogP contribution in [0.15, 0.2) is 24.3 Å². The lowest BCUT2D eigenvalue weighted by molar-refractivity contribution is 0.505. The van der Waals surface area contributed by atoms with Crippen LogP contribution in [0.3, 0.4) is 0 Å². The van der Waals surface area contributed by atoms with Crippen LogP contribution in [0, 0.1) is 17.2 Å². The topological polar surface area (TPSA) is 23.8 Å². The zero-order valence-corrected chi connectivity index (χ0v) is 9.83. The Morgan fingerprint density at radius 2 is 2.07 bits per heavy atom. The number of aryl methyl sites for hydroxylation is 1. The Bertz CT molecular complexity index is 347. The van der Waals surface area contributed by atoms with E-state index < -0.39 is 0 Å². The third-order valence-corrected chi connectivity index (χ3v) is 2.90. The van der Waals surface area contributed by atoms with Gasteiger partial charge >= 0.3 is 0 Å². The molecule has 0 bridgehead atoms. The van der Waals surface area contributed by atoms with Gasteiger partial charge in [-0.2, -0.15) is 5.26 Å². The Morgan fingerprint density at radius 3 is 2.60 bits per heavy atom. The SMILES string of the molecule is CCc1cccc(C(CC#N)C(C)C)c1. The molecule has 0 heterocycles. The van der Waals surface area contributed by atoms with Crippen molar-refractivity contribution in [3.63, 3.8) is 0 Å². The molecule has 0 saturated carbocycles. The van der Waals surface area contributed by atoms with Crippen molar-refractivity contribution in [3.8, 4) is 6.07 Å². The molecule has 0 radical (unpaired) electrons. The van der Waals surface area contributed by atoms with Crippen LogP contribution in [0.5, 0.6) is 0 Å². The molecule has 0 aliphatic carbocycles. The highest BCUT2D eigenvalue weighted by atomic mass is 14.3. The zero-order valence-electron chi connectivity index (χ0n) is 9.83. The van der Waals surface area contributed by atoms with Crippen molar-refractivity contribution >= 4 is 0 Å². The molecule has 1 rings (SSSR count). The molecule has 0 aliphatic rings. The Balaban J connectivity index is 2.95. The van der Waals surface area contributed by atoms with Gasteiger partial charge in [-0.3, -0.25) is 0 Å². The van der Waals surface area contributed by atoms with Crippen molar-refractivity contribution in [2.24, 2.45) is 5.92 Å². The van der Waals surface area contributed by atoms with Crippen LogP contribution < -0.4 is 0 Å². The summed E-state index contributed by atoms with van der Waals surface area (Å²) in [5.41, 5.74) is 2.67. The summed E-state index contributed by atoms with van der Waals surface area (Å²) in [6, 6.07) is 10.9. The molecule has 0 N–H and O–H groups in total. The fraction of sp³-hybridized carbons (Fsp3) is 0.500. The maximum absolute atomic E-state index is 8.82. The van der Waals surface area contributed by atoms with Crippen molar-refractivity contribution in [2.45, 2.75) is 39.5 Å². The molecule has 0 saturated heterocycles. The van der Waals surface area contributed by atoms with E-state index in [1.165, 1.54) is 11.1 Å². The van der Waals surface area contributed by atoms with Crippen LogP contribution in [0.2, 0.25) is 0 Å². The third-order valence-electron chi connectivity index (χ3n) is 2.90. The molecule has 0 spiro atoms. The summed E-state index contributed by atoms with van der Waals surface area (Å²) in [5.74, 6) is 0.901. The molecule has 1 heteroatoms. The third kappa shape index (κ3) is 3.09. The zero-order chi connectivity index (χ0) is 11.3. The summed E-state index contributed by atoms with van der Waals surface area (Å²) in [4.78, 5) is 0. The average Bonchev–Trinajstić information content (AvgIpc) is 2.25. The molecule has 0 aromatic heterocycles. The predicted octanol–water partition coefficient (Wildman–Crippen LogP) is 3.90. The first kappa shape index (κ1) is 11.8. The molecule has 15 heavy (non-hydrogen) atoms. The van der Waals surface area contributed by atoms with Crippen LogP contribution >= 0.6 is 0 Å². The second kappa shape index (κ2) is 5.56. The van der Waals surface area contributed by atoms with Crippen molar-refractivity contribution < 1.29 is 0 Å². The van der Waals surface area contributed by atoms with E-state index in [1.807, 2.05) is 0 Å². The Kier molecular flexibility index (Phi) is 4.37. The van der Waals surface area contributed by atoms with Gasteiger partial charge in [0.05, 0.1) is 6.07 Å². The quantitative estimate of drug-likeness (QED) is 0.724. The Hall–Kier alpha value is -1.29. The Labute approximate surface area is 92.7 Å². The summed E-state index contributed by atoms with van der Waals surface area (Å²) >= 11 is 0. The van der Waals surface area contributed by atoms with Crippen molar-refractivity contribution in [1.29, 1.82) is 5.26 Å². The number of rotatable bonds is 4. The first-order valence-corrected chi connectivity index (χ1v) is 5.64. The lowest BCUT2D eigenvalue weighted by atomic mass is 9.85. The first-order valence-electron chi connectivity index (χ1n) is 5.64. The van der Waals surface area contributed by atoms with Gasteiger partial charge < -0.3 is 0 Å². The standard InChI is InChI=1S/C14H19N/c1-4-12-6-5-7-13(10-12)14(8-9-15)11(2)3/h5-7,10-11,14H,4,8H2,1-3H3.